The van der Waals surface area contributed by atoms with Crippen LogP contribution in [0.3, 0.4) is 0 Å². The van der Waals surface area contributed by atoms with Crippen LogP contribution in [-0.4, -0.2) is 38.7 Å². The summed E-state index contributed by atoms with van der Waals surface area (Å²) in [5, 5.41) is 4.06. The van der Waals surface area contributed by atoms with Crippen LogP contribution in [0, 0.1) is 0 Å². The number of carbonyl (C=O) groups excluding carboxylic acids is 1. The van der Waals surface area contributed by atoms with Crippen LogP contribution in [0.2, 0.25) is 0 Å². The van der Waals surface area contributed by atoms with Crippen LogP contribution in [0.4, 0.5) is 0 Å². The van der Waals surface area contributed by atoms with Gasteiger partial charge in [-0.05, 0) is 12.5 Å². The molecule has 0 bridgehead atoms. The molecule has 88 valence electrons. The van der Waals surface area contributed by atoms with E-state index in [0.29, 0.717) is 23.8 Å². The minimum atomic E-state index is -0.129. The smallest absolute Gasteiger partial charge is 0.274 e. The highest BCUT2D eigenvalue weighted by Gasteiger charge is 2.17. The molecule has 0 aliphatic heterocycles. The number of hydrogen-bond acceptors (Lipinski definition) is 3. The van der Waals surface area contributed by atoms with E-state index in [1.165, 1.54) is 0 Å². The average Bonchev–Trinajstić information content (AvgIpc) is 2.62. The highest BCUT2D eigenvalue weighted by atomic mass is 32.1. The number of hydrogen-bond donors (Lipinski definition) is 1. The van der Waals surface area contributed by atoms with Crippen LogP contribution in [0.25, 0.3) is 0 Å². The first kappa shape index (κ1) is 12.6. The molecule has 0 fully saturated rings. The summed E-state index contributed by atoms with van der Waals surface area (Å²) in [6.45, 7) is 2.93. The van der Waals surface area contributed by atoms with E-state index in [4.69, 9.17) is 18.0 Å². The third-order valence-electron chi connectivity index (χ3n) is 2.06. The van der Waals surface area contributed by atoms with Gasteiger partial charge in [-0.3, -0.25) is 9.48 Å². The molecule has 2 N–H and O–H groups in total. The number of aromatic nitrogens is 2. The molecular formula is C10H16N4OS. The number of carbonyl (C=O) groups is 1. The molecule has 0 aliphatic carbocycles. The van der Waals surface area contributed by atoms with Crippen molar-refractivity contribution in [1.29, 1.82) is 0 Å². The second kappa shape index (κ2) is 5.60. The molecule has 0 saturated carbocycles. The molecule has 0 saturated heterocycles. The predicted octanol–water partition coefficient (Wildman–Crippen LogP) is 0.558. The lowest BCUT2D eigenvalue weighted by Crippen LogP contribution is -2.38. The van der Waals surface area contributed by atoms with E-state index < -0.39 is 0 Å². The zero-order chi connectivity index (χ0) is 12.1. The number of nitrogens with two attached hydrogens (primary N) is 1. The molecule has 5 nitrogen and oxygen atoms in total. The summed E-state index contributed by atoms with van der Waals surface area (Å²) in [7, 11) is 1.77. The Morgan fingerprint density at radius 2 is 2.38 bits per heavy atom. The van der Waals surface area contributed by atoms with Gasteiger partial charge in [0, 0.05) is 19.8 Å². The van der Waals surface area contributed by atoms with Crippen molar-refractivity contribution in [3.8, 4) is 0 Å². The summed E-state index contributed by atoms with van der Waals surface area (Å²) in [6.07, 6.45) is 2.60. The second-order valence-electron chi connectivity index (χ2n) is 3.57. The van der Waals surface area contributed by atoms with Crippen molar-refractivity contribution in [3.05, 3.63) is 18.0 Å². The van der Waals surface area contributed by atoms with E-state index in [2.05, 4.69) is 5.10 Å². The van der Waals surface area contributed by atoms with E-state index in [1.54, 1.807) is 28.9 Å². The van der Waals surface area contributed by atoms with E-state index >= 15 is 0 Å². The van der Waals surface area contributed by atoms with Gasteiger partial charge in [0.2, 0.25) is 0 Å². The van der Waals surface area contributed by atoms with E-state index in [1.807, 2.05) is 6.92 Å². The third-order valence-corrected chi connectivity index (χ3v) is 2.19. The summed E-state index contributed by atoms with van der Waals surface area (Å²) >= 11 is 4.82. The Kier molecular flexibility index (Phi) is 4.42. The molecule has 0 atom stereocenters. The molecule has 0 aromatic carbocycles. The lowest BCUT2D eigenvalue weighted by Gasteiger charge is -2.20. The molecule has 0 radical (unpaired) electrons. The number of nitrogens with zero attached hydrogens (tertiary/aromatic N) is 3. The summed E-state index contributed by atoms with van der Waals surface area (Å²) in [6, 6.07) is 1.69. The molecule has 16 heavy (non-hydrogen) atoms. The molecule has 1 rings (SSSR count). The SMILES string of the molecule is CCCN(CC(N)=S)C(=O)c1ccn(C)n1. The maximum Gasteiger partial charge on any atom is 0.274 e. The molecule has 1 heterocycles. The molecular weight excluding hydrogens is 224 g/mol. The van der Waals surface area contributed by atoms with Gasteiger partial charge in [-0.25, -0.2) is 0 Å². The average molecular weight is 240 g/mol. The normalized spacial score (nSPS) is 10.1. The Balaban J connectivity index is 2.78. The Hall–Kier alpha value is -1.43. The van der Waals surface area contributed by atoms with Crippen LogP contribution in [0.5, 0.6) is 0 Å². The largest absolute Gasteiger partial charge is 0.392 e. The van der Waals surface area contributed by atoms with Crippen molar-refractivity contribution in [2.45, 2.75) is 13.3 Å². The maximum atomic E-state index is 12.0. The zero-order valence-corrected chi connectivity index (χ0v) is 10.3. The molecule has 1 aromatic heterocycles. The van der Waals surface area contributed by atoms with Gasteiger partial charge in [-0.1, -0.05) is 19.1 Å². The first-order valence-electron chi connectivity index (χ1n) is 5.11. The molecule has 0 aliphatic rings. The molecule has 1 aromatic rings. The number of aryl methyl sites for hydroxylation is 1. The monoisotopic (exact) mass is 240 g/mol. The van der Waals surface area contributed by atoms with Gasteiger partial charge < -0.3 is 10.6 Å². The quantitative estimate of drug-likeness (QED) is 0.764. The summed E-state index contributed by atoms with van der Waals surface area (Å²) in [4.78, 5) is 14.0. The first-order valence-corrected chi connectivity index (χ1v) is 5.52. The van der Waals surface area contributed by atoms with Crippen LogP contribution in [0.1, 0.15) is 23.8 Å². The Morgan fingerprint density at radius 1 is 1.69 bits per heavy atom. The van der Waals surface area contributed by atoms with Crippen molar-refractivity contribution < 1.29 is 4.79 Å². The Morgan fingerprint density at radius 3 is 2.81 bits per heavy atom. The van der Waals surface area contributed by atoms with Gasteiger partial charge in [0.1, 0.15) is 5.69 Å². The van der Waals surface area contributed by atoms with Crippen molar-refractivity contribution in [3.63, 3.8) is 0 Å². The zero-order valence-electron chi connectivity index (χ0n) is 9.51. The van der Waals surface area contributed by atoms with Crippen molar-refractivity contribution in [2.75, 3.05) is 13.1 Å². The predicted molar refractivity (Wildman–Crippen MR) is 66.2 cm³/mol. The maximum absolute atomic E-state index is 12.0. The third kappa shape index (κ3) is 3.30. The van der Waals surface area contributed by atoms with Gasteiger partial charge in [-0.15, -0.1) is 0 Å². The number of thiocarbonyl (C=S) groups is 1. The van der Waals surface area contributed by atoms with E-state index in [-0.39, 0.29) is 5.91 Å². The van der Waals surface area contributed by atoms with Gasteiger partial charge in [0.05, 0.1) is 11.5 Å². The fourth-order valence-corrected chi connectivity index (χ4v) is 1.56. The van der Waals surface area contributed by atoms with Crippen LogP contribution < -0.4 is 5.73 Å². The lowest BCUT2D eigenvalue weighted by atomic mass is 10.3. The second-order valence-corrected chi connectivity index (χ2v) is 4.09. The van der Waals surface area contributed by atoms with Crippen LogP contribution in [0.15, 0.2) is 12.3 Å². The minimum absolute atomic E-state index is 0.129. The number of rotatable bonds is 5. The van der Waals surface area contributed by atoms with Crippen LogP contribution in [-0.2, 0) is 7.05 Å². The topological polar surface area (TPSA) is 64.2 Å². The highest BCUT2D eigenvalue weighted by molar-refractivity contribution is 7.80. The van der Waals surface area contributed by atoms with E-state index in [0.717, 1.165) is 6.42 Å². The van der Waals surface area contributed by atoms with Gasteiger partial charge in [0.25, 0.3) is 5.91 Å². The van der Waals surface area contributed by atoms with Crippen LogP contribution >= 0.6 is 12.2 Å². The molecule has 1 amide bonds. The number of amides is 1. The van der Waals surface area contributed by atoms with Crippen molar-refractivity contribution >= 4 is 23.1 Å². The highest BCUT2D eigenvalue weighted by Crippen LogP contribution is 2.02. The lowest BCUT2D eigenvalue weighted by molar-refractivity contribution is 0.0773. The fourth-order valence-electron chi connectivity index (χ4n) is 1.40. The van der Waals surface area contributed by atoms with E-state index in [9.17, 15) is 4.79 Å². The molecule has 0 unspecified atom stereocenters. The summed E-state index contributed by atoms with van der Waals surface area (Å²) in [5.74, 6) is -0.129. The van der Waals surface area contributed by atoms with Gasteiger partial charge in [0.15, 0.2) is 0 Å². The minimum Gasteiger partial charge on any atom is -0.392 e. The van der Waals surface area contributed by atoms with Gasteiger partial charge in [-0.2, -0.15) is 5.10 Å². The summed E-state index contributed by atoms with van der Waals surface area (Å²) in [5.41, 5.74) is 5.88. The standard InChI is InChI=1S/C10H16N4OS/c1-3-5-14(7-9(11)16)10(15)8-4-6-13(2)12-8/h4,6H,3,5,7H2,1-2H3,(H2,11,16). The molecule has 0 spiro atoms. The molecule has 6 heteroatoms. The van der Waals surface area contributed by atoms with Crippen molar-refractivity contribution in [1.82, 2.24) is 14.7 Å². The fraction of sp³-hybridized carbons (Fsp3) is 0.500. The van der Waals surface area contributed by atoms with Gasteiger partial charge >= 0.3 is 0 Å². The Labute approximate surface area is 100 Å². The Bertz CT molecular complexity index is 388. The van der Waals surface area contributed by atoms with Crippen molar-refractivity contribution in [2.24, 2.45) is 12.8 Å². The first-order chi connectivity index (χ1) is 7.54. The summed E-state index contributed by atoms with van der Waals surface area (Å²) < 4.78 is 1.60.